The molecule has 0 aliphatic carbocycles. The Labute approximate surface area is 168 Å². The summed E-state index contributed by atoms with van der Waals surface area (Å²) >= 11 is 3.26. The van der Waals surface area contributed by atoms with Gasteiger partial charge in [-0.15, -0.1) is 0 Å². The van der Waals surface area contributed by atoms with Crippen molar-refractivity contribution in [1.29, 1.82) is 0 Å². The van der Waals surface area contributed by atoms with Gasteiger partial charge in [-0.1, -0.05) is 12.1 Å². The topological polar surface area (TPSA) is 55.6 Å². The van der Waals surface area contributed by atoms with Gasteiger partial charge in [-0.2, -0.15) is 13.2 Å². The molecular weight excluding hydrogens is 441 g/mol. The molecule has 0 amide bonds. The Morgan fingerprint density at radius 3 is 2.39 bits per heavy atom. The molecule has 0 radical (unpaired) electrons. The lowest BCUT2D eigenvalue weighted by Gasteiger charge is -2.11. The number of nitro groups is 1. The first-order valence-corrected chi connectivity index (χ1v) is 8.98. The first-order chi connectivity index (χ1) is 13.1. The van der Waals surface area contributed by atoms with E-state index in [0.717, 1.165) is 12.1 Å². The van der Waals surface area contributed by atoms with Crippen molar-refractivity contribution < 1.29 is 22.8 Å². The van der Waals surface area contributed by atoms with Crippen LogP contribution < -0.4 is 4.74 Å². The highest BCUT2D eigenvalue weighted by Crippen LogP contribution is 2.34. The van der Waals surface area contributed by atoms with Crippen molar-refractivity contribution >= 4 is 27.7 Å². The summed E-state index contributed by atoms with van der Waals surface area (Å²) in [6.07, 6.45) is -0.685. The minimum Gasteiger partial charge on any atom is -0.492 e. The van der Waals surface area contributed by atoms with Crippen molar-refractivity contribution in [3.05, 3.63) is 73.9 Å². The third-order valence-corrected chi connectivity index (χ3v) is 4.38. The predicted octanol–water partition coefficient (Wildman–Crippen LogP) is 5.53. The Balaban J connectivity index is 2.11. The quantitative estimate of drug-likeness (QED) is 0.404. The fourth-order valence-electron chi connectivity index (χ4n) is 2.33. The minimum absolute atomic E-state index is 0.0694. The van der Waals surface area contributed by atoms with Gasteiger partial charge in [0.25, 0.3) is 5.69 Å². The van der Waals surface area contributed by atoms with Crippen LogP contribution in [0.2, 0.25) is 0 Å². The van der Waals surface area contributed by atoms with E-state index in [1.165, 1.54) is 18.2 Å². The molecule has 0 aromatic heterocycles. The third-order valence-electron chi connectivity index (χ3n) is 3.76. The summed E-state index contributed by atoms with van der Waals surface area (Å²) < 4.78 is 43.9. The second-order valence-electron chi connectivity index (χ2n) is 6.17. The van der Waals surface area contributed by atoms with Gasteiger partial charge in [-0.3, -0.25) is 10.1 Å². The second-order valence-corrected chi connectivity index (χ2v) is 7.03. The maximum Gasteiger partial charge on any atom is 0.416 e. The third kappa shape index (κ3) is 5.98. The molecule has 0 aliphatic rings. The highest BCUT2D eigenvalue weighted by atomic mass is 79.9. The van der Waals surface area contributed by atoms with Crippen LogP contribution in [0.25, 0.3) is 6.08 Å². The summed E-state index contributed by atoms with van der Waals surface area (Å²) in [6.45, 7) is 0.207. The van der Waals surface area contributed by atoms with Crippen molar-refractivity contribution in [3.63, 3.8) is 0 Å². The minimum atomic E-state index is -4.37. The van der Waals surface area contributed by atoms with Gasteiger partial charge in [-0.05, 0) is 52.0 Å². The van der Waals surface area contributed by atoms with Gasteiger partial charge < -0.3 is 9.64 Å². The van der Waals surface area contributed by atoms with Crippen LogP contribution in [0, 0.1) is 10.1 Å². The van der Waals surface area contributed by atoms with Gasteiger partial charge in [0, 0.05) is 26.6 Å². The van der Waals surface area contributed by atoms with Crippen LogP contribution in [-0.2, 0) is 12.6 Å². The number of alkyl halides is 3. The Kier molecular flexibility index (Phi) is 7.06. The summed E-state index contributed by atoms with van der Waals surface area (Å²) in [5.41, 5.74) is 0.304. The average Bonchev–Trinajstić information content (AvgIpc) is 2.61. The van der Waals surface area contributed by atoms with E-state index >= 15 is 0 Å². The summed E-state index contributed by atoms with van der Waals surface area (Å²) in [5.74, 6) is 0.413. The van der Waals surface area contributed by atoms with Crippen molar-refractivity contribution in [3.8, 4) is 5.75 Å². The summed E-state index contributed by atoms with van der Waals surface area (Å²) in [6, 6.07) is 7.78. The SMILES string of the molecule is CN(C)/C=C/c1cc(OCCc2ccc(C(F)(F)F)cc2)c(Br)cc1[N+](=O)[O-]. The largest absolute Gasteiger partial charge is 0.492 e. The Bertz CT molecular complexity index is 866. The molecule has 0 heterocycles. The maximum absolute atomic E-state index is 12.6. The smallest absolute Gasteiger partial charge is 0.416 e. The lowest BCUT2D eigenvalue weighted by atomic mass is 10.1. The highest BCUT2D eigenvalue weighted by molar-refractivity contribution is 9.10. The van der Waals surface area contributed by atoms with Crippen LogP contribution in [0.15, 0.2) is 47.1 Å². The molecule has 5 nitrogen and oxygen atoms in total. The zero-order chi connectivity index (χ0) is 20.9. The number of nitrogens with zero attached hydrogens (tertiary/aromatic N) is 2. The van der Waals surface area contributed by atoms with E-state index in [-0.39, 0.29) is 12.3 Å². The molecule has 0 saturated heterocycles. The Morgan fingerprint density at radius 2 is 1.86 bits per heavy atom. The number of hydrogen-bond donors (Lipinski definition) is 0. The lowest BCUT2D eigenvalue weighted by molar-refractivity contribution is -0.385. The zero-order valence-corrected chi connectivity index (χ0v) is 16.8. The molecule has 0 saturated carbocycles. The fourth-order valence-corrected chi connectivity index (χ4v) is 2.78. The van der Waals surface area contributed by atoms with Gasteiger partial charge >= 0.3 is 6.18 Å². The van der Waals surface area contributed by atoms with Crippen molar-refractivity contribution in [2.75, 3.05) is 20.7 Å². The molecule has 2 aromatic carbocycles. The highest BCUT2D eigenvalue weighted by Gasteiger charge is 2.29. The van der Waals surface area contributed by atoms with Crippen LogP contribution in [0.4, 0.5) is 18.9 Å². The number of halogens is 4. The molecule has 0 fully saturated rings. The molecular formula is C19H18BrF3N2O3. The second kappa shape index (κ2) is 9.09. The molecule has 0 unspecified atom stereocenters. The van der Waals surface area contributed by atoms with E-state index in [9.17, 15) is 23.3 Å². The van der Waals surface area contributed by atoms with E-state index in [4.69, 9.17) is 4.74 Å². The van der Waals surface area contributed by atoms with E-state index in [0.29, 0.717) is 27.8 Å². The number of benzene rings is 2. The Morgan fingerprint density at radius 1 is 1.21 bits per heavy atom. The van der Waals surface area contributed by atoms with Gasteiger partial charge in [0.2, 0.25) is 0 Å². The van der Waals surface area contributed by atoms with Crippen molar-refractivity contribution in [2.45, 2.75) is 12.6 Å². The van der Waals surface area contributed by atoms with Gasteiger partial charge in [0.15, 0.2) is 0 Å². The lowest BCUT2D eigenvalue weighted by Crippen LogP contribution is -2.06. The van der Waals surface area contributed by atoms with E-state index in [1.807, 2.05) is 0 Å². The van der Waals surface area contributed by atoms with Crippen LogP contribution in [0.1, 0.15) is 16.7 Å². The molecule has 0 spiro atoms. The maximum atomic E-state index is 12.6. The first kappa shape index (κ1) is 21.7. The number of hydrogen-bond acceptors (Lipinski definition) is 4. The Hall–Kier alpha value is -2.55. The fraction of sp³-hybridized carbons (Fsp3) is 0.263. The average molecular weight is 459 g/mol. The van der Waals surface area contributed by atoms with E-state index < -0.39 is 16.7 Å². The molecule has 0 bridgehead atoms. The summed E-state index contributed by atoms with van der Waals surface area (Å²) in [7, 11) is 3.59. The molecule has 0 aliphatic heterocycles. The predicted molar refractivity (Wildman–Crippen MR) is 104 cm³/mol. The van der Waals surface area contributed by atoms with Gasteiger partial charge in [0.05, 0.1) is 27.1 Å². The molecule has 2 rings (SSSR count). The number of ether oxygens (including phenoxy) is 1. The van der Waals surface area contributed by atoms with Crippen LogP contribution in [-0.4, -0.2) is 30.5 Å². The summed E-state index contributed by atoms with van der Waals surface area (Å²) in [4.78, 5) is 12.5. The molecule has 0 atom stereocenters. The van der Waals surface area contributed by atoms with Crippen LogP contribution >= 0.6 is 15.9 Å². The van der Waals surface area contributed by atoms with Crippen molar-refractivity contribution in [2.24, 2.45) is 0 Å². The normalized spacial score (nSPS) is 11.6. The van der Waals surface area contributed by atoms with Crippen LogP contribution in [0.5, 0.6) is 5.75 Å². The molecule has 9 heteroatoms. The van der Waals surface area contributed by atoms with Crippen molar-refractivity contribution in [1.82, 2.24) is 4.90 Å². The molecule has 150 valence electrons. The summed E-state index contributed by atoms with van der Waals surface area (Å²) in [5, 5.41) is 11.2. The monoisotopic (exact) mass is 458 g/mol. The molecule has 28 heavy (non-hydrogen) atoms. The van der Waals surface area contributed by atoms with Crippen LogP contribution in [0.3, 0.4) is 0 Å². The van der Waals surface area contributed by atoms with E-state index in [1.54, 1.807) is 37.3 Å². The van der Waals surface area contributed by atoms with Gasteiger partial charge in [0.1, 0.15) is 5.75 Å². The van der Waals surface area contributed by atoms with Gasteiger partial charge in [-0.25, -0.2) is 0 Å². The molecule has 2 aromatic rings. The van der Waals surface area contributed by atoms with E-state index in [2.05, 4.69) is 15.9 Å². The zero-order valence-electron chi connectivity index (χ0n) is 15.2. The number of rotatable bonds is 7. The molecule has 0 N–H and O–H groups in total. The standard InChI is InChI=1S/C19H18BrF3N2O3/c1-24(2)9-7-14-11-18(16(20)12-17(14)25(26)27)28-10-8-13-3-5-15(6-4-13)19(21,22)23/h3-7,9,11-12H,8,10H2,1-2H3/b9-7+. The first-order valence-electron chi connectivity index (χ1n) is 8.19. The number of nitro benzene ring substituents is 1.